The van der Waals surface area contributed by atoms with Crippen molar-refractivity contribution in [3.8, 4) is 5.75 Å². The van der Waals surface area contributed by atoms with Crippen LogP contribution in [0.2, 0.25) is 0 Å². The first-order chi connectivity index (χ1) is 13.5. The van der Waals surface area contributed by atoms with Crippen molar-refractivity contribution in [3.63, 3.8) is 0 Å². The Hall–Kier alpha value is -2.97. The molecule has 0 unspecified atom stereocenters. The molecule has 0 radical (unpaired) electrons. The summed E-state index contributed by atoms with van der Waals surface area (Å²) in [6, 6.07) is 13.7. The van der Waals surface area contributed by atoms with Crippen molar-refractivity contribution in [2.24, 2.45) is 0 Å². The number of carbonyl (C=O) groups is 3. The number of fused-ring (bicyclic) bond motifs is 1. The zero-order valence-corrected chi connectivity index (χ0v) is 16.4. The van der Waals surface area contributed by atoms with Gasteiger partial charge in [-0.3, -0.25) is 14.4 Å². The molecule has 0 saturated carbocycles. The topological polar surface area (TPSA) is 66.9 Å². The molecule has 1 saturated heterocycles. The van der Waals surface area contributed by atoms with Crippen molar-refractivity contribution in [1.82, 2.24) is 10.0 Å². The average molecular weight is 410 g/mol. The molecule has 4 rings (SSSR count). The van der Waals surface area contributed by atoms with Gasteiger partial charge in [0, 0.05) is 0 Å². The van der Waals surface area contributed by atoms with Crippen LogP contribution < -0.4 is 4.74 Å². The lowest BCUT2D eigenvalue weighted by molar-refractivity contribution is -0.128. The molecule has 2 aliphatic rings. The van der Waals surface area contributed by atoms with Crippen LogP contribution >= 0.6 is 24.0 Å². The number of hydrazine groups is 1. The van der Waals surface area contributed by atoms with Gasteiger partial charge in [0.05, 0.1) is 22.6 Å². The summed E-state index contributed by atoms with van der Waals surface area (Å²) in [6.45, 7) is 2.47. The number of hydrogen-bond acceptors (Lipinski definition) is 6. The molecule has 0 aliphatic carbocycles. The van der Waals surface area contributed by atoms with Crippen molar-refractivity contribution in [3.05, 3.63) is 70.1 Å². The van der Waals surface area contributed by atoms with Gasteiger partial charge in [-0.25, -0.2) is 0 Å². The van der Waals surface area contributed by atoms with Crippen LogP contribution in [0.25, 0.3) is 6.08 Å². The largest absolute Gasteiger partial charge is 0.494 e. The number of carbonyl (C=O) groups excluding carboxylic acids is 3. The van der Waals surface area contributed by atoms with E-state index < -0.39 is 17.7 Å². The summed E-state index contributed by atoms with van der Waals surface area (Å²) in [4.78, 5) is 38.6. The Morgan fingerprint density at radius 3 is 2.11 bits per heavy atom. The number of imide groups is 1. The number of ether oxygens (including phenoxy) is 1. The van der Waals surface area contributed by atoms with E-state index in [-0.39, 0.29) is 15.4 Å². The summed E-state index contributed by atoms with van der Waals surface area (Å²) < 4.78 is 5.54. The molecule has 0 N–H and O–H groups in total. The van der Waals surface area contributed by atoms with Crippen LogP contribution in [0.4, 0.5) is 0 Å². The molecule has 140 valence electrons. The van der Waals surface area contributed by atoms with Gasteiger partial charge in [-0.15, -0.1) is 0 Å². The number of thioether (sulfide) groups is 1. The van der Waals surface area contributed by atoms with Crippen LogP contribution in [0.1, 0.15) is 33.2 Å². The fourth-order valence-corrected chi connectivity index (χ4v) is 4.21. The molecule has 0 aromatic heterocycles. The summed E-state index contributed by atoms with van der Waals surface area (Å²) in [6.07, 6.45) is 1.67. The first-order valence-electron chi connectivity index (χ1n) is 8.50. The Balaban J connectivity index is 1.61. The van der Waals surface area contributed by atoms with Crippen molar-refractivity contribution >= 4 is 52.1 Å². The van der Waals surface area contributed by atoms with Gasteiger partial charge in [0.25, 0.3) is 17.7 Å². The summed E-state index contributed by atoms with van der Waals surface area (Å²) >= 11 is 6.33. The maximum absolute atomic E-state index is 12.9. The Bertz CT molecular complexity index is 1010. The number of thiocarbonyl (C=S) groups is 1. The van der Waals surface area contributed by atoms with E-state index in [4.69, 9.17) is 17.0 Å². The van der Waals surface area contributed by atoms with Crippen LogP contribution in [0.3, 0.4) is 0 Å². The van der Waals surface area contributed by atoms with Crippen molar-refractivity contribution in [1.29, 1.82) is 0 Å². The third kappa shape index (κ3) is 3.00. The zero-order chi connectivity index (χ0) is 19.8. The molecule has 0 bridgehead atoms. The minimum absolute atomic E-state index is 0.136. The lowest BCUT2D eigenvalue weighted by Crippen LogP contribution is -2.48. The molecule has 0 atom stereocenters. The lowest BCUT2D eigenvalue weighted by atomic mass is 10.1. The third-order valence-corrected chi connectivity index (χ3v) is 5.52. The number of benzene rings is 2. The highest BCUT2D eigenvalue weighted by Gasteiger charge is 2.46. The van der Waals surface area contributed by atoms with Gasteiger partial charge in [-0.2, -0.15) is 10.0 Å². The molecular weight excluding hydrogens is 396 g/mol. The second kappa shape index (κ2) is 7.21. The number of hydrogen-bond donors (Lipinski definition) is 0. The van der Waals surface area contributed by atoms with Gasteiger partial charge in [-0.1, -0.05) is 36.0 Å². The molecule has 2 aromatic carbocycles. The zero-order valence-electron chi connectivity index (χ0n) is 14.7. The van der Waals surface area contributed by atoms with Gasteiger partial charge in [-0.05, 0) is 55.0 Å². The molecule has 2 aliphatic heterocycles. The quantitative estimate of drug-likeness (QED) is 0.437. The molecule has 2 heterocycles. The molecule has 1 fully saturated rings. The highest BCUT2D eigenvalue weighted by Crippen LogP contribution is 2.36. The van der Waals surface area contributed by atoms with Crippen LogP contribution in [-0.4, -0.2) is 38.7 Å². The van der Waals surface area contributed by atoms with E-state index in [2.05, 4.69) is 0 Å². The van der Waals surface area contributed by atoms with Gasteiger partial charge >= 0.3 is 0 Å². The lowest BCUT2D eigenvalue weighted by Gasteiger charge is -2.23. The molecule has 28 heavy (non-hydrogen) atoms. The van der Waals surface area contributed by atoms with Gasteiger partial charge in [0.15, 0.2) is 4.32 Å². The van der Waals surface area contributed by atoms with Crippen molar-refractivity contribution < 1.29 is 19.1 Å². The normalized spacial score (nSPS) is 17.7. The minimum Gasteiger partial charge on any atom is -0.494 e. The summed E-state index contributed by atoms with van der Waals surface area (Å²) in [5, 5.41) is 1.80. The van der Waals surface area contributed by atoms with E-state index in [1.54, 1.807) is 42.5 Å². The van der Waals surface area contributed by atoms with E-state index in [0.717, 1.165) is 33.1 Å². The summed E-state index contributed by atoms with van der Waals surface area (Å²) in [5.74, 6) is -0.880. The Labute approximate surface area is 170 Å². The number of amides is 3. The van der Waals surface area contributed by atoms with E-state index in [1.807, 2.05) is 19.1 Å². The van der Waals surface area contributed by atoms with E-state index in [9.17, 15) is 14.4 Å². The molecule has 6 nitrogen and oxygen atoms in total. The highest BCUT2D eigenvalue weighted by molar-refractivity contribution is 8.26. The molecule has 2 aromatic rings. The summed E-state index contributed by atoms with van der Waals surface area (Å²) in [7, 11) is 0. The second-order valence-corrected chi connectivity index (χ2v) is 7.64. The monoisotopic (exact) mass is 410 g/mol. The number of rotatable bonds is 4. The van der Waals surface area contributed by atoms with E-state index >= 15 is 0 Å². The fourth-order valence-electron chi connectivity index (χ4n) is 2.97. The van der Waals surface area contributed by atoms with Gasteiger partial charge in [0.2, 0.25) is 0 Å². The van der Waals surface area contributed by atoms with Crippen LogP contribution in [-0.2, 0) is 4.79 Å². The molecular formula is C20H14N2O4S2. The van der Waals surface area contributed by atoms with Crippen LogP contribution in [0.5, 0.6) is 5.75 Å². The minimum atomic E-state index is -0.556. The number of nitrogens with zero attached hydrogens (tertiary/aromatic N) is 2. The Morgan fingerprint density at radius 1 is 0.929 bits per heavy atom. The highest BCUT2D eigenvalue weighted by atomic mass is 32.2. The van der Waals surface area contributed by atoms with Gasteiger partial charge in [0.1, 0.15) is 5.75 Å². The molecule has 8 heteroatoms. The Morgan fingerprint density at radius 2 is 1.54 bits per heavy atom. The van der Waals surface area contributed by atoms with Crippen LogP contribution in [0.15, 0.2) is 53.4 Å². The maximum atomic E-state index is 12.9. The Kier molecular flexibility index (Phi) is 4.74. The smallest absolute Gasteiger partial charge is 0.285 e. The third-order valence-electron chi connectivity index (χ3n) is 4.23. The fraction of sp³-hybridized carbons (Fsp3) is 0.100. The maximum Gasteiger partial charge on any atom is 0.285 e. The first kappa shape index (κ1) is 18.4. The van der Waals surface area contributed by atoms with Crippen LogP contribution in [0, 0.1) is 0 Å². The predicted molar refractivity (Wildman–Crippen MR) is 110 cm³/mol. The average Bonchev–Trinajstić information content (AvgIpc) is 3.10. The van der Waals surface area contributed by atoms with Gasteiger partial charge < -0.3 is 4.74 Å². The van der Waals surface area contributed by atoms with E-state index in [0.29, 0.717) is 11.5 Å². The summed E-state index contributed by atoms with van der Waals surface area (Å²) in [5.41, 5.74) is 1.31. The second-order valence-electron chi connectivity index (χ2n) is 5.96. The predicted octanol–water partition coefficient (Wildman–Crippen LogP) is 3.50. The van der Waals surface area contributed by atoms with Crippen molar-refractivity contribution in [2.75, 3.05) is 6.61 Å². The standard InChI is InChI=1S/C20H14N2O4S2/c1-2-26-13-9-7-12(8-10-13)11-16-19(25)22(20(27)28-16)21-17(23)14-5-3-4-6-15(14)18(21)24/h3-11H,2H2,1H3. The van der Waals surface area contributed by atoms with Crippen molar-refractivity contribution in [2.45, 2.75) is 6.92 Å². The molecule has 3 amide bonds. The van der Waals surface area contributed by atoms with E-state index in [1.165, 1.54) is 0 Å². The first-order valence-corrected chi connectivity index (χ1v) is 9.72. The molecule has 0 spiro atoms. The SMILES string of the molecule is CCOc1ccc(C=C2SC(=S)N(N3C(=O)c4ccccc4C3=O)C2=O)cc1.